The van der Waals surface area contributed by atoms with E-state index >= 15 is 0 Å². The molecule has 1 fully saturated rings. The fraction of sp³-hybridized carbons (Fsp3) is 0.448. The van der Waals surface area contributed by atoms with E-state index in [9.17, 15) is 28.0 Å². The summed E-state index contributed by atoms with van der Waals surface area (Å²) in [6.45, 7) is 2.46. The molecule has 0 aromatic heterocycles. The highest BCUT2D eigenvalue weighted by molar-refractivity contribution is 5.90. The van der Waals surface area contributed by atoms with Crippen molar-refractivity contribution in [3.8, 4) is 0 Å². The Morgan fingerprint density at radius 3 is 2.12 bits per heavy atom. The van der Waals surface area contributed by atoms with E-state index in [1.54, 1.807) is 6.92 Å². The van der Waals surface area contributed by atoms with Gasteiger partial charge in [-0.25, -0.2) is 8.78 Å². The molecule has 3 amide bonds. The van der Waals surface area contributed by atoms with Gasteiger partial charge in [0.1, 0.15) is 17.7 Å². The summed E-state index contributed by atoms with van der Waals surface area (Å²) in [6.07, 6.45) is 1.39. The minimum absolute atomic E-state index is 0.0463. The van der Waals surface area contributed by atoms with Crippen molar-refractivity contribution in [1.82, 2.24) is 16.0 Å². The van der Waals surface area contributed by atoms with Crippen molar-refractivity contribution in [1.29, 1.82) is 0 Å². The molecular weight excluding hydrogens is 522 g/mol. The zero-order chi connectivity index (χ0) is 29.1. The lowest BCUT2D eigenvalue weighted by Gasteiger charge is -2.26. The Labute approximate surface area is 232 Å². The SMILES string of the molecule is CCOC(=O)CC[C@H](C[C@@H]1CCNC1=O)NC(=O)[C@H](Cc1ccc(F)cc1)NC(=O)[C@H](N)Cc1ccc(F)cc1. The van der Waals surface area contributed by atoms with Gasteiger partial charge in [0.15, 0.2) is 0 Å². The summed E-state index contributed by atoms with van der Waals surface area (Å²) >= 11 is 0. The van der Waals surface area contributed by atoms with Gasteiger partial charge in [0.05, 0.1) is 12.6 Å². The lowest BCUT2D eigenvalue weighted by Crippen LogP contribution is -2.54. The lowest BCUT2D eigenvalue weighted by molar-refractivity contribution is -0.143. The minimum Gasteiger partial charge on any atom is -0.466 e. The minimum atomic E-state index is -1.07. The van der Waals surface area contributed by atoms with Gasteiger partial charge < -0.3 is 26.4 Å². The Morgan fingerprint density at radius 1 is 0.975 bits per heavy atom. The fourth-order valence-electron chi connectivity index (χ4n) is 4.60. The first-order valence-electron chi connectivity index (χ1n) is 13.4. The molecule has 0 unspecified atom stereocenters. The molecule has 216 valence electrons. The summed E-state index contributed by atoms with van der Waals surface area (Å²) in [6, 6.07) is 8.51. The van der Waals surface area contributed by atoms with E-state index in [2.05, 4.69) is 16.0 Å². The molecular formula is C29H36F2N4O5. The van der Waals surface area contributed by atoms with E-state index in [1.807, 2.05) is 0 Å². The highest BCUT2D eigenvalue weighted by Crippen LogP contribution is 2.19. The summed E-state index contributed by atoms with van der Waals surface area (Å²) < 4.78 is 31.7. The Bertz CT molecular complexity index is 1160. The molecule has 0 bridgehead atoms. The van der Waals surface area contributed by atoms with Gasteiger partial charge in [-0.15, -0.1) is 0 Å². The number of ether oxygens (including phenoxy) is 1. The van der Waals surface area contributed by atoms with Crippen LogP contribution in [0.1, 0.15) is 43.7 Å². The quantitative estimate of drug-likeness (QED) is 0.261. The number of hydrogen-bond acceptors (Lipinski definition) is 6. The molecule has 0 spiro atoms. The maximum absolute atomic E-state index is 13.5. The van der Waals surface area contributed by atoms with Crippen molar-refractivity contribution < 1.29 is 32.7 Å². The molecule has 1 saturated heterocycles. The number of hydrogen-bond donors (Lipinski definition) is 4. The van der Waals surface area contributed by atoms with Crippen molar-refractivity contribution in [2.24, 2.45) is 11.7 Å². The average Bonchev–Trinajstić information content (AvgIpc) is 3.33. The molecule has 11 heteroatoms. The van der Waals surface area contributed by atoms with E-state index in [4.69, 9.17) is 10.5 Å². The molecule has 1 heterocycles. The normalized spacial score (nSPS) is 16.9. The summed E-state index contributed by atoms with van der Waals surface area (Å²) in [7, 11) is 0. The Balaban J connectivity index is 1.73. The second-order valence-electron chi connectivity index (χ2n) is 9.89. The molecule has 1 aliphatic rings. The summed E-state index contributed by atoms with van der Waals surface area (Å²) in [5.41, 5.74) is 7.36. The van der Waals surface area contributed by atoms with Crippen LogP contribution in [-0.4, -0.2) is 55.0 Å². The van der Waals surface area contributed by atoms with Crippen molar-refractivity contribution in [2.75, 3.05) is 13.2 Å². The zero-order valence-electron chi connectivity index (χ0n) is 22.5. The number of esters is 1. The van der Waals surface area contributed by atoms with Gasteiger partial charge in [-0.05, 0) is 68.0 Å². The third-order valence-electron chi connectivity index (χ3n) is 6.77. The van der Waals surface area contributed by atoms with Crippen LogP contribution < -0.4 is 21.7 Å². The standard InChI is InChI=1S/C29H36F2N4O5/c1-2-40-26(36)12-11-23(17-20-13-14-33-27(20)37)34-29(39)25(16-19-5-9-22(31)10-6-19)35-28(38)24(32)15-18-3-7-21(30)8-4-18/h3-10,20,23-25H,2,11-17,32H2,1H3,(H,33,37)(H,34,39)(H,35,38)/t20-,23+,24+,25-/m0/s1. The number of benzene rings is 2. The third kappa shape index (κ3) is 9.71. The molecule has 40 heavy (non-hydrogen) atoms. The monoisotopic (exact) mass is 558 g/mol. The van der Waals surface area contributed by atoms with Gasteiger partial charge >= 0.3 is 5.97 Å². The van der Waals surface area contributed by atoms with Gasteiger partial charge in [0.25, 0.3) is 0 Å². The number of nitrogens with one attached hydrogen (secondary N) is 3. The molecule has 5 N–H and O–H groups in total. The number of halogens is 2. The van der Waals surface area contributed by atoms with Crippen LogP contribution in [-0.2, 0) is 36.8 Å². The first-order chi connectivity index (χ1) is 19.1. The van der Waals surface area contributed by atoms with Gasteiger partial charge in [-0.3, -0.25) is 19.2 Å². The predicted molar refractivity (Wildman–Crippen MR) is 144 cm³/mol. The molecule has 0 aliphatic carbocycles. The topological polar surface area (TPSA) is 140 Å². The second kappa shape index (κ2) is 15.1. The van der Waals surface area contributed by atoms with Gasteiger partial charge in [-0.2, -0.15) is 0 Å². The lowest BCUT2D eigenvalue weighted by atomic mass is 9.94. The van der Waals surface area contributed by atoms with Gasteiger partial charge in [-0.1, -0.05) is 24.3 Å². The first kappa shape index (κ1) is 30.7. The van der Waals surface area contributed by atoms with Crippen molar-refractivity contribution in [2.45, 2.75) is 63.6 Å². The summed E-state index contributed by atoms with van der Waals surface area (Å²) in [4.78, 5) is 50.7. The fourth-order valence-corrected chi connectivity index (χ4v) is 4.60. The van der Waals surface area contributed by atoms with Crippen LogP contribution in [0.2, 0.25) is 0 Å². The van der Waals surface area contributed by atoms with Crippen LogP contribution in [0.15, 0.2) is 48.5 Å². The van der Waals surface area contributed by atoms with Crippen molar-refractivity contribution >= 4 is 23.7 Å². The van der Waals surface area contributed by atoms with Crippen LogP contribution in [0.25, 0.3) is 0 Å². The molecule has 3 rings (SSSR count). The van der Waals surface area contributed by atoms with Crippen molar-refractivity contribution in [3.05, 3.63) is 71.3 Å². The van der Waals surface area contributed by atoms with Crippen LogP contribution in [0.4, 0.5) is 8.78 Å². The number of amides is 3. The molecule has 2 aromatic rings. The van der Waals surface area contributed by atoms with Crippen LogP contribution in [0, 0.1) is 17.6 Å². The average molecular weight is 559 g/mol. The summed E-state index contributed by atoms with van der Waals surface area (Å²) in [5.74, 6) is -2.82. The highest BCUT2D eigenvalue weighted by Gasteiger charge is 2.31. The van der Waals surface area contributed by atoms with Gasteiger partial charge in [0.2, 0.25) is 17.7 Å². The Morgan fingerprint density at radius 2 is 1.57 bits per heavy atom. The van der Waals surface area contributed by atoms with E-state index in [1.165, 1.54) is 48.5 Å². The number of carbonyl (C=O) groups is 4. The molecule has 0 radical (unpaired) electrons. The largest absolute Gasteiger partial charge is 0.466 e. The molecule has 0 saturated carbocycles. The summed E-state index contributed by atoms with van der Waals surface area (Å²) in [5, 5.41) is 8.35. The smallest absolute Gasteiger partial charge is 0.305 e. The van der Waals surface area contributed by atoms with Crippen LogP contribution in [0.5, 0.6) is 0 Å². The van der Waals surface area contributed by atoms with Crippen molar-refractivity contribution in [3.63, 3.8) is 0 Å². The second-order valence-corrected chi connectivity index (χ2v) is 9.89. The first-order valence-corrected chi connectivity index (χ1v) is 13.4. The maximum Gasteiger partial charge on any atom is 0.305 e. The van der Waals surface area contributed by atoms with Crippen LogP contribution in [0.3, 0.4) is 0 Å². The number of nitrogens with two attached hydrogens (primary N) is 1. The van der Waals surface area contributed by atoms with Crippen LogP contribution >= 0.6 is 0 Å². The molecule has 9 nitrogen and oxygen atoms in total. The molecule has 4 atom stereocenters. The third-order valence-corrected chi connectivity index (χ3v) is 6.77. The molecule has 2 aromatic carbocycles. The molecule has 1 aliphatic heterocycles. The Kier molecular flexibility index (Phi) is 11.6. The Hall–Kier alpha value is -3.86. The number of carbonyl (C=O) groups excluding carboxylic acids is 4. The van der Waals surface area contributed by atoms with E-state index in [0.29, 0.717) is 30.5 Å². The van der Waals surface area contributed by atoms with E-state index in [-0.39, 0.29) is 44.1 Å². The zero-order valence-corrected chi connectivity index (χ0v) is 22.5. The van der Waals surface area contributed by atoms with E-state index < -0.39 is 47.5 Å². The van der Waals surface area contributed by atoms with Gasteiger partial charge in [0, 0.05) is 31.3 Å². The predicted octanol–water partition coefficient (Wildman–Crippen LogP) is 1.92. The van der Waals surface area contributed by atoms with E-state index in [0.717, 1.165) is 0 Å². The number of rotatable bonds is 14. The maximum atomic E-state index is 13.5. The highest BCUT2D eigenvalue weighted by atomic mass is 19.1.